The fraction of sp³-hybridized carbons (Fsp3) is 0.167. The third kappa shape index (κ3) is 3.70. The van der Waals surface area contributed by atoms with Gasteiger partial charge < -0.3 is 14.7 Å². The summed E-state index contributed by atoms with van der Waals surface area (Å²) in [6.45, 7) is -0.447. The minimum absolute atomic E-state index is 0.0241. The maximum absolute atomic E-state index is 12.6. The quantitative estimate of drug-likeness (QED) is 0.649. The number of nitrogens with zero attached hydrogens (tertiary/aromatic N) is 5. The zero-order chi connectivity index (χ0) is 18.0. The van der Waals surface area contributed by atoms with Gasteiger partial charge in [0.15, 0.2) is 0 Å². The van der Waals surface area contributed by atoms with Crippen molar-refractivity contribution in [1.29, 1.82) is 0 Å². The van der Waals surface area contributed by atoms with Gasteiger partial charge >= 0.3 is 12.1 Å². The molecule has 3 aromatic rings. The van der Waals surface area contributed by atoms with E-state index in [1.54, 1.807) is 0 Å². The van der Waals surface area contributed by atoms with E-state index >= 15 is 0 Å². The SMILES string of the molecule is O=c1[nH]nnn1-c1cccc(OC(F)(F)F)c1COc1ccn(O)n1. The molecule has 0 amide bonds. The zero-order valence-corrected chi connectivity index (χ0v) is 12.1. The predicted molar refractivity (Wildman–Crippen MR) is 72.4 cm³/mol. The molecular formula is C12H9F3N6O4. The summed E-state index contributed by atoms with van der Waals surface area (Å²) in [6, 6.07) is 4.95. The van der Waals surface area contributed by atoms with E-state index in [4.69, 9.17) is 9.94 Å². The maximum atomic E-state index is 12.6. The van der Waals surface area contributed by atoms with Gasteiger partial charge in [0.25, 0.3) is 0 Å². The second kappa shape index (κ2) is 6.18. The number of aromatic nitrogens is 6. The average Bonchev–Trinajstić information content (AvgIpc) is 3.12. The Bertz CT molecular complexity index is 931. The molecule has 0 aliphatic heterocycles. The topological polar surface area (TPSA) is 120 Å². The first-order chi connectivity index (χ1) is 11.8. The normalized spacial score (nSPS) is 11.5. The molecule has 1 aromatic carbocycles. The highest BCUT2D eigenvalue weighted by molar-refractivity contribution is 5.49. The average molecular weight is 358 g/mol. The Labute approximate surface area is 135 Å². The van der Waals surface area contributed by atoms with Crippen LogP contribution in [-0.4, -0.2) is 41.7 Å². The van der Waals surface area contributed by atoms with E-state index in [0.29, 0.717) is 4.85 Å². The van der Waals surface area contributed by atoms with Crippen LogP contribution in [0.5, 0.6) is 11.6 Å². The van der Waals surface area contributed by atoms with E-state index in [2.05, 4.69) is 20.3 Å². The van der Waals surface area contributed by atoms with Gasteiger partial charge in [-0.3, -0.25) is 0 Å². The Kier molecular flexibility index (Phi) is 4.04. The number of ether oxygens (including phenoxy) is 2. The lowest BCUT2D eigenvalue weighted by Crippen LogP contribution is -2.22. The smallest absolute Gasteiger partial charge is 0.471 e. The number of halogens is 3. The maximum Gasteiger partial charge on any atom is 0.573 e. The highest BCUT2D eigenvalue weighted by Crippen LogP contribution is 2.30. The van der Waals surface area contributed by atoms with Crippen molar-refractivity contribution in [2.45, 2.75) is 13.0 Å². The van der Waals surface area contributed by atoms with Crippen molar-refractivity contribution in [2.75, 3.05) is 0 Å². The standard InChI is InChI=1S/C12H9F3N6O4/c13-12(14,15)25-9-3-1-2-8(21-11(22)16-18-19-21)7(9)6-24-10-4-5-20(23)17-10/h1-5,23H,6H2,(H,16,19,22). The first kappa shape index (κ1) is 16.4. The van der Waals surface area contributed by atoms with Crippen LogP contribution < -0.4 is 15.2 Å². The summed E-state index contributed by atoms with van der Waals surface area (Å²) in [7, 11) is 0. The number of hydrogen-bond donors (Lipinski definition) is 2. The summed E-state index contributed by atoms with van der Waals surface area (Å²) >= 11 is 0. The van der Waals surface area contributed by atoms with Crippen molar-refractivity contribution in [1.82, 2.24) is 30.2 Å². The molecule has 132 valence electrons. The molecule has 10 nitrogen and oxygen atoms in total. The lowest BCUT2D eigenvalue weighted by molar-refractivity contribution is -0.275. The summed E-state index contributed by atoms with van der Waals surface area (Å²) in [6.07, 6.45) is -3.79. The Morgan fingerprint density at radius 1 is 1.28 bits per heavy atom. The summed E-state index contributed by atoms with van der Waals surface area (Å²) in [5.41, 5.74) is -0.905. The number of aromatic amines is 1. The van der Waals surface area contributed by atoms with Gasteiger partial charge in [0.2, 0.25) is 5.88 Å². The number of tetrazole rings is 1. The van der Waals surface area contributed by atoms with Gasteiger partial charge in [-0.15, -0.1) is 18.0 Å². The molecule has 2 heterocycles. The molecule has 13 heteroatoms. The molecule has 2 aromatic heterocycles. The van der Waals surface area contributed by atoms with Gasteiger partial charge in [-0.2, -0.15) is 4.68 Å². The number of nitrogens with one attached hydrogen (secondary N) is 1. The molecule has 0 atom stereocenters. The molecule has 3 rings (SSSR count). The largest absolute Gasteiger partial charge is 0.573 e. The fourth-order valence-electron chi connectivity index (χ4n) is 1.99. The molecule has 0 fully saturated rings. The van der Waals surface area contributed by atoms with Gasteiger partial charge in [0.05, 0.1) is 17.4 Å². The Balaban J connectivity index is 2.01. The molecule has 0 aliphatic rings. The van der Waals surface area contributed by atoms with Gasteiger partial charge in [0, 0.05) is 6.07 Å². The monoisotopic (exact) mass is 358 g/mol. The first-order valence-electron chi connectivity index (χ1n) is 6.59. The highest BCUT2D eigenvalue weighted by atomic mass is 19.4. The van der Waals surface area contributed by atoms with E-state index in [1.165, 1.54) is 18.2 Å². The molecule has 0 spiro atoms. The molecule has 0 unspecified atom stereocenters. The number of hydrogen-bond acceptors (Lipinski definition) is 7. The number of rotatable bonds is 5. The predicted octanol–water partition coefficient (Wildman–Crippen LogP) is 0.867. The summed E-state index contributed by atoms with van der Waals surface area (Å²) < 4.78 is 47.8. The van der Waals surface area contributed by atoms with Crippen LogP contribution in [0.2, 0.25) is 0 Å². The van der Waals surface area contributed by atoms with Crippen LogP contribution in [0.4, 0.5) is 13.2 Å². The lowest BCUT2D eigenvalue weighted by atomic mass is 10.1. The molecule has 2 N–H and O–H groups in total. The van der Waals surface area contributed by atoms with E-state index in [0.717, 1.165) is 16.9 Å². The van der Waals surface area contributed by atoms with Crippen molar-refractivity contribution in [3.8, 4) is 17.3 Å². The van der Waals surface area contributed by atoms with Crippen LogP contribution in [0.15, 0.2) is 35.3 Å². The van der Waals surface area contributed by atoms with Gasteiger partial charge in [0.1, 0.15) is 12.4 Å². The summed E-state index contributed by atoms with van der Waals surface area (Å²) in [5, 5.41) is 21.4. The van der Waals surface area contributed by atoms with Crippen LogP contribution in [-0.2, 0) is 6.61 Å². The molecular weight excluding hydrogens is 349 g/mol. The summed E-state index contributed by atoms with van der Waals surface area (Å²) in [4.78, 5) is 12.1. The van der Waals surface area contributed by atoms with Crippen LogP contribution in [0.1, 0.15) is 5.56 Å². The second-order valence-corrected chi connectivity index (χ2v) is 4.58. The molecule has 0 bridgehead atoms. The van der Waals surface area contributed by atoms with Crippen molar-refractivity contribution in [3.63, 3.8) is 0 Å². The van der Waals surface area contributed by atoms with E-state index in [1.807, 2.05) is 5.10 Å². The molecule has 0 aliphatic carbocycles. The van der Waals surface area contributed by atoms with E-state index in [9.17, 15) is 18.0 Å². The Hall–Kier alpha value is -3.51. The van der Waals surface area contributed by atoms with Crippen molar-refractivity contribution in [2.24, 2.45) is 0 Å². The fourth-order valence-corrected chi connectivity index (χ4v) is 1.99. The first-order valence-corrected chi connectivity index (χ1v) is 6.59. The lowest BCUT2D eigenvalue weighted by Gasteiger charge is -2.16. The number of benzene rings is 1. The zero-order valence-electron chi connectivity index (χ0n) is 12.1. The molecule has 25 heavy (non-hydrogen) atoms. The van der Waals surface area contributed by atoms with Crippen LogP contribution in [0, 0.1) is 0 Å². The van der Waals surface area contributed by atoms with Gasteiger partial charge in [-0.05, 0) is 22.6 Å². The van der Waals surface area contributed by atoms with Gasteiger partial charge in [-0.1, -0.05) is 11.2 Å². The number of H-pyrrole nitrogens is 1. The van der Waals surface area contributed by atoms with E-state index in [-0.39, 0.29) is 17.1 Å². The van der Waals surface area contributed by atoms with Crippen molar-refractivity contribution < 1.29 is 27.9 Å². The number of alkyl halides is 3. The van der Waals surface area contributed by atoms with Gasteiger partial charge in [-0.25, -0.2) is 9.89 Å². The van der Waals surface area contributed by atoms with Crippen molar-refractivity contribution >= 4 is 0 Å². The van der Waals surface area contributed by atoms with E-state index < -0.39 is 24.4 Å². The highest BCUT2D eigenvalue weighted by Gasteiger charge is 2.33. The third-order valence-corrected chi connectivity index (χ3v) is 2.95. The summed E-state index contributed by atoms with van der Waals surface area (Å²) in [5.74, 6) is -0.633. The molecule has 0 saturated carbocycles. The second-order valence-electron chi connectivity index (χ2n) is 4.58. The Morgan fingerprint density at radius 3 is 2.68 bits per heavy atom. The molecule has 0 saturated heterocycles. The minimum atomic E-state index is -4.95. The van der Waals surface area contributed by atoms with Crippen LogP contribution in [0.25, 0.3) is 5.69 Å². The molecule has 0 radical (unpaired) electrons. The Morgan fingerprint density at radius 2 is 2.08 bits per heavy atom. The minimum Gasteiger partial charge on any atom is -0.471 e. The van der Waals surface area contributed by atoms with Crippen LogP contribution >= 0.6 is 0 Å². The third-order valence-electron chi connectivity index (χ3n) is 2.95. The van der Waals surface area contributed by atoms with Crippen molar-refractivity contribution in [3.05, 3.63) is 46.5 Å². The van der Waals surface area contributed by atoms with Crippen LogP contribution in [0.3, 0.4) is 0 Å².